The molecule has 1 aromatic carbocycles. The Morgan fingerprint density at radius 3 is 2.80 bits per heavy atom. The highest BCUT2D eigenvalue weighted by molar-refractivity contribution is 7.20. The monoisotopic (exact) mass is 295 g/mol. The van der Waals surface area contributed by atoms with Gasteiger partial charge in [-0.2, -0.15) is 0 Å². The van der Waals surface area contributed by atoms with E-state index in [9.17, 15) is 14.0 Å². The maximum atomic E-state index is 13.5. The fraction of sp³-hybridized carbons (Fsp3) is 0.286. The van der Waals surface area contributed by atoms with Crippen molar-refractivity contribution < 1.29 is 18.7 Å². The number of carbonyl (C=O) groups is 2. The summed E-state index contributed by atoms with van der Waals surface area (Å²) in [5.74, 6) is -1.36. The van der Waals surface area contributed by atoms with Crippen LogP contribution in [-0.4, -0.2) is 24.5 Å². The first-order valence-electron chi connectivity index (χ1n) is 6.12. The molecule has 1 heterocycles. The van der Waals surface area contributed by atoms with Crippen molar-refractivity contribution >= 4 is 33.3 Å². The maximum absolute atomic E-state index is 13.5. The molecule has 0 saturated carbocycles. The number of carbonyl (C=O) groups excluding carboxylic acids is 2. The molecule has 4 nitrogen and oxygen atoms in total. The lowest BCUT2D eigenvalue weighted by atomic mass is 10.2. The molecule has 1 N–H and O–H groups in total. The fourth-order valence-electron chi connectivity index (χ4n) is 1.69. The first-order valence-corrected chi connectivity index (χ1v) is 6.93. The zero-order valence-electron chi connectivity index (χ0n) is 11.1. The van der Waals surface area contributed by atoms with Crippen molar-refractivity contribution in [2.24, 2.45) is 0 Å². The summed E-state index contributed by atoms with van der Waals surface area (Å²) in [6, 6.07) is 6.07. The van der Waals surface area contributed by atoms with Crippen LogP contribution in [0.3, 0.4) is 0 Å². The van der Waals surface area contributed by atoms with Crippen molar-refractivity contribution in [2.75, 3.05) is 6.61 Å². The minimum absolute atomic E-state index is 0.0142. The molecule has 0 fully saturated rings. The van der Waals surface area contributed by atoms with E-state index >= 15 is 0 Å². The number of rotatable bonds is 4. The topological polar surface area (TPSA) is 55.4 Å². The van der Waals surface area contributed by atoms with Crippen LogP contribution >= 0.6 is 11.3 Å². The van der Waals surface area contributed by atoms with Gasteiger partial charge in [0.2, 0.25) is 0 Å². The average molecular weight is 295 g/mol. The first-order chi connectivity index (χ1) is 9.47. The van der Waals surface area contributed by atoms with E-state index in [1.54, 1.807) is 12.1 Å². The Labute approximate surface area is 119 Å². The lowest BCUT2D eigenvalue weighted by molar-refractivity contribution is -0.124. The Hall–Kier alpha value is -1.95. The molecular weight excluding hydrogens is 281 g/mol. The molecule has 0 unspecified atom stereocenters. The quantitative estimate of drug-likeness (QED) is 0.882. The highest BCUT2D eigenvalue weighted by Gasteiger charge is 2.15. The molecule has 0 aliphatic heterocycles. The van der Waals surface area contributed by atoms with Crippen LogP contribution in [0.15, 0.2) is 24.3 Å². The van der Waals surface area contributed by atoms with Gasteiger partial charge >= 0.3 is 5.97 Å². The van der Waals surface area contributed by atoms with Gasteiger partial charge in [-0.3, -0.25) is 4.79 Å². The molecule has 20 heavy (non-hydrogen) atoms. The third-order valence-electron chi connectivity index (χ3n) is 2.49. The number of fused-ring (bicyclic) bond motifs is 1. The molecule has 0 atom stereocenters. The predicted octanol–water partition coefficient (Wildman–Crippen LogP) is 2.72. The number of hydrogen-bond donors (Lipinski definition) is 1. The van der Waals surface area contributed by atoms with Crippen LogP contribution in [0.5, 0.6) is 0 Å². The van der Waals surface area contributed by atoms with Gasteiger partial charge < -0.3 is 10.1 Å². The van der Waals surface area contributed by atoms with Crippen LogP contribution < -0.4 is 5.32 Å². The van der Waals surface area contributed by atoms with Gasteiger partial charge in [0.1, 0.15) is 10.7 Å². The van der Waals surface area contributed by atoms with Gasteiger partial charge in [0.25, 0.3) is 5.91 Å². The third kappa shape index (κ3) is 3.33. The van der Waals surface area contributed by atoms with Crippen molar-refractivity contribution in [1.29, 1.82) is 0 Å². The first kappa shape index (κ1) is 14.5. The van der Waals surface area contributed by atoms with Crippen LogP contribution in [0.4, 0.5) is 4.39 Å². The summed E-state index contributed by atoms with van der Waals surface area (Å²) >= 11 is 1.14. The Morgan fingerprint density at radius 2 is 2.15 bits per heavy atom. The van der Waals surface area contributed by atoms with E-state index in [0.717, 1.165) is 11.3 Å². The minimum Gasteiger partial charge on any atom is -0.451 e. The second kappa shape index (κ2) is 6.00. The van der Waals surface area contributed by atoms with E-state index < -0.39 is 5.97 Å². The Morgan fingerprint density at radius 1 is 1.40 bits per heavy atom. The number of ether oxygens (including phenoxy) is 1. The molecule has 0 saturated heterocycles. The summed E-state index contributed by atoms with van der Waals surface area (Å²) in [7, 11) is 0. The molecule has 0 bridgehead atoms. The zero-order valence-corrected chi connectivity index (χ0v) is 11.9. The van der Waals surface area contributed by atoms with Crippen molar-refractivity contribution in [2.45, 2.75) is 19.9 Å². The molecule has 6 heteroatoms. The van der Waals surface area contributed by atoms with E-state index in [1.807, 2.05) is 13.8 Å². The molecule has 1 amide bonds. The molecule has 2 rings (SSSR count). The van der Waals surface area contributed by atoms with E-state index in [4.69, 9.17) is 4.74 Å². The van der Waals surface area contributed by atoms with Crippen LogP contribution in [0.1, 0.15) is 23.5 Å². The van der Waals surface area contributed by atoms with Gasteiger partial charge in [-0.25, -0.2) is 9.18 Å². The normalized spacial score (nSPS) is 10.8. The Balaban J connectivity index is 2.04. The van der Waals surface area contributed by atoms with Crippen LogP contribution in [-0.2, 0) is 9.53 Å². The number of benzene rings is 1. The summed E-state index contributed by atoms with van der Waals surface area (Å²) in [5.41, 5.74) is 0. The lowest BCUT2D eigenvalue weighted by Crippen LogP contribution is -2.33. The fourth-order valence-corrected chi connectivity index (χ4v) is 2.66. The number of amides is 1. The van der Waals surface area contributed by atoms with Crippen molar-refractivity contribution in [3.63, 3.8) is 0 Å². The summed E-state index contributed by atoms with van der Waals surface area (Å²) in [5, 5.41) is 3.00. The Bertz CT molecular complexity index is 651. The lowest BCUT2D eigenvalue weighted by Gasteiger charge is -2.08. The average Bonchev–Trinajstić information content (AvgIpc) is 2.80. The molecule has 1 aromatic heterocycles. The number of nitrogens with one attached hydrogen (secondary N) is 1. The molecule has 0 aliphatic carbocycles. The van der Waals surface area contributed by atoms with Gasteiger partial charge in [0, 0.05) is 16.1 Å². The number of thiophene rings is 1. The van der Waals surface area contributed by atoms with E-state index in [1.165, 1.54) is 12.1 Å². The molecule has 106 valence electrons. The van der Waals surface area contributed by atoms with Gasteiger partial charge in [0.05, 0.1) is 0 Å². The van der Waals surface area contributed by atoms with Gasteiger partial charge in [-0.15, -0.1) is 11.3 Å². The standard InChI is InChI=1S/C14H14FNO3S/c1-8(2)16-13(17)7-19-14(18)12-6-9-10(15)4-3-5-11(9)20-12/h3-6,8H,7H2,1-2H3,(H,16,17). The number of hydrogen-bond acceptors (Lipinski definition) is 4. The van der Waals surface area contributed by atoms with Crippen molar-refractivity contribution in [3.05, 3.63) is 35.0 Å². The number of halogens is 1. The molecule has 0 radical (unpaired) electrons. The Kier molecular flexibility index (Phi) is 4.34. The SMILES string of the molecule is CC(C)NC(=O)COC(=O)c1cc2c(F)cccc2s1. The highest BCUT2D eigenvalue weighted by Crippen LogP contribution is 2.27. The smallest absolute Gasteiger partial charge is 0.348 e. The molecule has 0 spiro atoms. The second-order valence-electron chi connectivity index (χ2n) is 4.56. The van der Waals surface area contributed by atoms with Crippen molar-refractivity contribution in [1.82, 2.24) is 5.32 Å². The van der Waals surface area contributed by atoms with E-state index in [2.05, 4.69) is 5.32 Å². The maximum Gasteiger partial charge on any atom is 0.348 e. The van der Waals surface area contributed by atoms with Crippen LogP contribution in [0, 0.1) is 5.82 Å². The molecule has 2 aromatic rings. The minimum atomic E-state index is -0.621. The van der Waals surface area contributed by atoms with Crippen LogP contribution in [0.25, 0.3) is 10.1 Å². The van der Waals surface area contributed by atoms with E-state index in [-0.39, 0.29) is 29.3 Å². The number of esters is 1. The molecule has 0 aliphatic rings. The van der Waals surface area contributed by atoms with Gasteiger partial charge in [-0.1, -0.05) is 6.07 Å². The van der Waals surface area contributed by atoms with E-state index in [0.29, 0.717) is 10.1 Å². The highest BCUT2D eigenvalue weighted by atomic mass is 32.1. The van der Waals surface area contributed by atoms with Crippen molar-refractivity contribution in [3.8, 4) is 0 Å². The summed E-state index contributed by atoms with van der Waals surface area (Å²) < 4.78 is 19.1. The van der Waals surface area contributed by atoms with Gasteiger partial charge in [-0.05, 0) is 32.0 Å². The van der Waals surface area contributed by atoms with Crippen LogP contribution in [0.2, 0.25) is 0 Å². The zero-order chi connectivity index (χ0) is 14.7. The third-order valence-corrected chi connectivity index (χ3v) is 3.57. The largest absolute Gasteiger partial charge is 0.451 e. The second-order valence-corrected chi connectivity index (χ2v) is 5.64. The van der Waals surface area contributed by atoms with Gasteiger partial charge in [0.15, 0.2) is 6.61 Å². The summed E-state index contributed by atoms with van der Waals surface area (Å²) in [6.45, 7) is 3.29. The summed E-state index contributed by atoms with van der Waals surface area (Å²) in [4.78, 5) is 23.5. The summed E-state index contributed by atoms with van der Waals surface area (Å²) in [6.07, 6.45) is 0. The predicted molar refractivity (Wildman–Crippen MR) is 75.3 cm³/mol. The molecular formula is C14H14FNO3S.